The van der Waals surface area contributed by atoms with Crippen LogP contribution >= 0.6 is 22.9 Å². The van der Waals surface area contributed by atoms with Crippen LogP contribution in [0.15, 0.2) is 42.5 Å². The third-order valence-electron chi connectivity index (χ3n) is 5.43. The fourth-order valence-electron chi connectivity index (χ4n) is 3.78. The van der Waals surface area contributed by atoms with Crippen molar-refractivity contribution in [2.45, 2.75) is 46.3 Å². The van der Waals surface area contributed by atoms with E-state index in [-0.39, 0.29) is 11.8 Å². The maximum Gasteiger partial charge on any atom is 0.268 e. The van der Waals surface area contributed by atoms with Crippen LogP contribution < -0.4 is 15.0 Å². The second kappa shape index (κ2) is 8.92. The highest BCUT2D eigenvalue weighted by Gasteiger charge is 2.38. The number of benzene rings is 2. The number of rotatable bonds is 5. The molecule has 0 fully saturated rings. The van der Waals surface area contributed by atoms with Crippen molar-refractivity contribution < 1.29 is 14.3 Å². The summed E-state index contributed by atoms with van der Waals surface area (Å²) in [6.07, 6.45) is -0.130. The van der Waals surface area contributed by atoms with Gasteiger partial charge in [0.25, 0.3) is 5.91 Å². The molecule has 2 heterocycles. The van der Waals surface area contributed by atoms with Gasteiger partial charge in [0.2, 0.25) is 5.91 Å². The lowest BCUT2D eigenvalue weighted by molar-refractivity contribution is -0.129. The number of amides is 2. The monoisotopic (exact) mass is 469 g/mol. The highest BCUT2D eigenvalue weighted by atomic mass is 35.5. The molecule has 8 heteroatoms. The molecule has 0 saturated heterocycles. The summed E-state index contributed by atoms with van der Waals surface area (Å²) in [5, 5.41) is 4.42. The lowest BCUT2D eigenvalue weighted by atomic mass is 10.0. The summed E-state index contributed by atoms with van der Waals surface area (Å²) in [7, 11) is 0. The minimum Gasteiger partial charge on any atom is -0.478 e. The summed E-state index contributed by atoms with van der Waals surface area (Å²) >= 11 is 7.56. The average Bonchev–Trinajstić information content (AvgIpc) is 3.12. The van der Waals surface area contributed by atoms with Gasteiger partial charge in [0, 0.05) is 21.2 Å². The number of aryl methyl sites for hydroxylation is 2. The summed E-state index contributed by atoms with van der Waals surface area (Å²) in [6, 6.07) is 11.8. The highest BCUT2D eigenvalue weighted by Crippen LogP contribution is 2.40. The van der Waals surface area contributed by atoms with Crippen molar-refractivity contribution in [3.8, 4) is 17.0 Å². The van der Waals surface area contributed by atoms with Gasteiger partial charge < -0.3 is 10.1 Å². The second-order valence-electron chi connectivity index (χ2n) is 7.72. The minimum atomic E-state index is -0.747. The van der Waals surface area contributed by atoms with E-state index in [0.29, 0.717) is 28.6 Å². The Balaban J connectivity index is 1.71. The summed E-state index contributed by atoms with van der Waals surface area (Å²) in [5.41, 5.74) is 2.94. The zero-order chi connectivity index (χ0) is 23.0. The average molecular weight is 470 g/mol. The molecule has 3 aromatic rings. The van der Waals surface area contributed by atoms with E-state index < -0.39 is 12.1 Å². The van der Waals surface area contributed by atoms with Crippen molar-refractivity contribution in [1.29, 1.82) is 0 Å². The standard InChI is InChI=1S/C24H24ClN3O3S/c1-5-20-24(30)28(13(2)23(29)27-18-9-7-17(25)8-10-18)19-12-16(6-11-21(19)31-20)22-14(3)32-15(4)26-22/h6-13,20H,5H2,1-4H3,(H,27,29). The molecule has 6 nitrogen and oxygen atoms in total. The molecule has 0 spiro atoms. The fourth-order valence-corrected chi connectivity index (χ4v) is 4.75. The second-order valence-corrected chi connectivity index (χ2v) is 9.56. The van der Waals surface area contributed by atoms with Crippen molar-refractivity contribution in [3.63, 3.8) is 0 Å². The van der Waals surface area contributed by atoms with Gasteiger partial charge in [-0.15, -0.1) is 11.3 Å². The Morgan fingerprint density at radius 3 is 2.59 bits per heavy atom. The molecule has 166 valence electrons. The number of halogens is 1. The number of thiazole rings is 1. The molecule has 0 radical (unpaired) electrons. The molecule has 1 aliphatic rings. The van der Waals surface area contributed by atoms with Gasteiger partial charge in [0.05, 0.1) is 16.4 Å². The number of fused-ring (bicyclic) bond motifs is 1. The highest BCUT2D eigenvalue weighted by molar-refractivity contribution is 7.11. The van der Waals surface area contributed by atoms with E-state index in [9.17, 15) is 9.59 Å². The molecule has 2 amide bonds. The molecule has 1 aromatic heterocycles. The number of carbonyl (C=O) groups is 2. The van der Waals surface area contributed by atoms with E-state index in [2.05, 4.69) is 10.3 Å². The van der Waals surface area contributed by atoms with Crippen LogP contribution in [0.2, 0.25) is 5.02 Å². The molecule has 0 saturated carbocycles. The van der Waals surface area contributed by atoms with E-state index >= 15 is 0 Å². The molecule has 2 aromatic carbocycles. The first-order valence-corrected chi connectivity index (χ1v) is 11.6. The minimum absolute atomic E-state index is 0.234. The predicted octanol–water partition coefficient (Wildman–Crippen LogP) is 5.61. The van der Waals surface area contributed by atoms with Crippen molar-refractivity contribution in [3.05, 3.63) is 57.4 Å². The topological polar surface area (TPSA) is 71.5 Å². The number of anilines is 2. The molecular formula is C24H24ClN3O3S. The Morgan fingerprint density at radius 1 is 1.25 bits per heavy atom. The number of nitrogens with zero attached hydrogens (tertiary/aromatic N) is 2. The number of hydrogen-bond acceptors (Lipinski definition) is 5. The smallest absolute Gasteiger partial charge is 0.268 e. The number of hydrogen-bond donors (Lipinski definition) is 1. The zero-order valence-electron chi connectivity index (χ0n) is 18.3. The summed E-state index contributed by atoms with van der Waals surface area (Å²) in [4.78, 5) is 33.6. The third-order valence-corrected chi connectivity index (χ3v) is 6.57. The maximum atomic E-state index is 13.3. The molecule has 1 aliphatic heterocycles. The van der Waals surface area contributed by atoms with Gasteiger partial charge in [-0.05, 0) is 69.7 Å². The Morgan fingerprint density at radius 2 is 1.97 bits per heavy atom. The van der Waals surface area contributed by atoms with Crippen LogP contribution in [-0.2, 0) is 9.59 Å². The maximum absolute atomic E-state index is 13.3. The van der Waals surface area contributed by atoms with Crippen molar-refractivity contribution >= 4 is 46.1 Å². The third kappa shape index (κ3) is 4.23. The Bertz CT molecular complexity index is 1180. The van der Waals surface area contributed by atoms with Crippen molar-refractivity contribution in [2.24, 2.45) is 0 Å². The number of carbonyl (C=O) groups excluding carboxylic acids is 2. The molecule has 2 unspecified atom stereocenters. The van der Waals surface area contributed by atoms with Gasteiger partial charge >= 0.3 is 0 Å². The van der Waals surface area contributed by atoms with Gasteiger partial charge in [0.1, 0.15) is 11.8 Å². The van der Waals surface area contributed by atoms with Crippen LogP contribution in [0.5, 0.6) is 5.75 Å². The van der Waals surface area contributed by atoms with Gasteiger partial charge in [-0.1, -0.05) is 18.5 Å². The molecule has 1 N–H and O–H groups in total. The lowest BCUT2D eigenvalue weighted by Crippen LogP contribution is -2.53. The van der Waals surface area contributed by atoms with Gasteiger partial charge in [-0.2, -0.15) is 0 Å². The van der Waals surface area contributed by atoms with Crippen molar-refractivity contribution in [1.82, 2.24) is 4.98 Å². The first kappa shape index (κ1) is 22.3. The molecule has 32 heavy (non-hydrogen) atoms. The summed E-state index contributed by atoms with van der Waals surface area (Å²) in [6.45, 7) is 7.59. The molecule has 0 aliphatic carbocycles. The van der Waals surface area contributed by atoms with Crippen LogP contribution in [0.25, 0.3) is 11.3 Å². The number of nitrogens with one attached hydrogen (secondary N) is 1. The van der Waals surface area contributed by atoms with Crippen LogP contribution in [0, 0.1) is 13.8 Å². The van der Waals surface area contributed by atoms with Crippen LogP contribution in [0.3, 0.4) is 0 Å². The number of aromatic nitrogens is 1. The van der Waals surface area contributed by atoms with E-state index in [0.717, 1.165) is 21.1 Å². The first-order chi connectivity index (χ1) is 15.3. The van der Waals surface area contributed by atoms with Gasteiger partial charge in [0.15, 0.2) is 6.10 Å². The predicted molar refractivity (Wildman–Crippen MR) is 129 cm³/mol. The van der Waals surface area contributed by atoms with E-state index in [1.165, 1.54) is 4.90 Å². The lowest BCUT2D eigenvalue weighted by Gasteiger charge is -2.37. The van der Waals surface area contributed by atoms with Crippen LogP contribution in [-0.4, -0.2) is 28.9 Å². The van der Waals surface area contributed by atoms with E-state index in [1.54, 1.807) is 42.5 Å². The number of ether oxygens (including phenoxy) is 1. The van der Waals surface area contributed by atoms with Crippen molar-refractivity contribution in [2.75, 3.05) is 10.2 Å². The zero-order valence-corrected chi connectivity index (χ0v) is 19.9. The quantitative estimate of drug-likeness (QED) is 0.527. The van der Waals surface area contributed by atoms with Gasteiger partial charge in [-0.25, -0.2) is 4.98 Å². The SMILES string of the molecule is CCC1Oc2ccc(-c3nc(C)sc3C)cc2N(C(C)C(=O)Nc2ccc(Cl)cc2)C1=O. The molecule has 4 rings (SSSR count). The van der Waals surface area contributed by atoms with E-state index in [1.807, 2.05) is 39.0 Å². The van der Waals surface area contributed by atoms with Gasteiger partial charge in [-0.3, -0.25) is 14.5 Å². The fraction of sp³-hybridized carbons (Fsp3) is 0.292. The Labute approximate surface area is 196 Å². The Hall–Kier alpha value is -2.90. The normalized spacial score (nSPS) is 16.3. The summed E-state index contributed by atoms with van der Waals surface area (Å²) < 4.78 is 5.96. The molecular weight excluding hydrogens is 446 g/mol. The largest absolute Gasteiger partial charge is 0.478 e. The summed E-state index contributed by atoms with van der Waals surface area (Å²) in [5.74, 6) is 0.0486. The first-order valence-electron chi connectivity index (χ1n) is 10.4. The van der Waals surface area contributed by atoms with E-state index in [4.69, 9.17) is 16.3 Å². The molecule has 0 bridgehead atoms. The Kier molecular flexibility index (Phi) is 6.22. The molecule has 2 atom stereocenters. The van der Waals surface area contributed by atoms with Crippen LogP contribution in [0.4, 0.5) is 11.4 Å². The van der Waals surface area contributed by atoms with Crippen LogP contribution in [0.1, 0.15) is 30.2 Å².